The molecule has 132 valence electrons. The molecule has 6 nitrogen and oxygen atoms in total. The maximum absolute atomic E-state index is 9.81. The number of hydrogen-bond donors (Lipinski definition) is 2. The highest BCUT2D eigenvalue weighted by Crippen LogP contribution is 2.43. The van der Waals surface area contributed by atoms with E-state index in [9.17, 15) is 5.11 Å². The number of ether oxygens (including phenoxy) is 2. The van der Waals surface area contributed by atoms with Crippen LogP contribution < -0.4 is 9.47 Å². The molecule has 0 aliphatic rings. The lowest BCUT2D eigenvalue weighted by molar-refractivity contribution is 0.359. The number of phenols is 1. The van der Waals surface area contributed by atoms with Crippen LogP contribution in [0.15, 0.2) is 34.8 Å². The molecular weight excluding hydrogens is 398 g/mol. The van der Waals surface area contributed by atoms with Gasteiger partial charge in [-0.2, -0.15) is 5.10 Å². The molecule has 0 fully saturated rings. The van der Waals surface area contributed by atoms with Crippen molar-refractivity contribution in [2.24, 2.45) is 0 Å². The SMILES string of the molecule is COc1ccc2c(-c3ccc(O)c(Br)c3)nc3n[nH]c(C)c3c2c1OC. The summed E-state index contributed by atoms with van der Waals surface area (Å²) in [5, 5.41) is 19.8. The third-order valence-corrected chi connectivity index (χ3v) is 5.05. The van der Waals surface area contributed by atoms with Gasteiger partial charge in [-0.25, -0.2) is 4.98 Å². The Hall–Kier alpha value is -2.80. The Morgan fingerprint density at radius 1 is 1.08 bits per heavy atom. The monoisotopic (exact) mass is 413 g/mol. The van der Waals surface area contributed by atoms with Gasteiger partial charge in [-0.15, -0.1) is 0 Å². The molecule has 0 aliphatic heterocycles. The second kappa shape index (κ2) is 6.17. The number of aromatic nitrogens is 3. The summed E-state index contributed by atoms with van der Waals surface area (Å²) in [6, 6.07) is 9.12. The van der Waals surface area contributed by atoms with Crippen molar-refractivity contribution in [3.8, 4) is 28.5 Å². The maximum Gasteiger partial charge on any atom is 0.182 e. The molecule has 4 aromatic rings. The average Bonchev–Trinajstić information content (AvgIpc) is 3.03. The summed E-state index contributed by atoms with van der Waals surface area (Å²) in [6.45, 7) is 1.95. The van der Waals surface area contributed by atoms with E-state index < -0.39 is 0 Å². The van der Waals surface area contributed by atoms with Crippen molar-refractivity contribution in [1.29, 1.82) is 0 Å². The van der Waals surface area contributed by atoms with Crippen LogP contribution in [-0.4, -0.2) is 34.5 Å². The van der Waals surface area contributed by atoms with E-state index in [1.165, 1.54) is 0 Å². The van der Waals surface area contributed by atoms with E-state index in [4.69, 9.17) is 14.5 Å². The number of methoxy groups -OCH3 is 2. The van der Waals surface area contributed by atoms with E-state index in [0.29, 0.717) is 21.6 Å². The van der Waals surface area contributed by atoms with Crippen molar-refractivity contribution in [2.45, 2.75) is 6.92 Å². The van der Waals surface area contributed by atoms with Crippen LogP contribution in [0.3, 0.4) is 0 Å². The first-order chi connectivity index (χ1) is 12.5. The minimum atomic E-state index is 0.175. The quantitative estimate of drug-likeness (QED) is 0.513. The largest absolute Gasteiger partial charge is 0.507 e. The topological polar surface area (TPSA) is 80.3 Å². The number of hydrogen-bond acceptors (Lipinski definition) is 5. The number of H-pyrrole nitrogens is 1. The summed E-state index contributed by atoms with van der Waals surface area (Å²) in [5.41, 5.74) is 3.11. The first-order valence-electron chi connectivity index (χ1n) is 7.93. The van der Waals surface area contributed by atoms with E-state index in [0.717, 1.165) is 33.1 Å². The van der Waals surface area contributed by atoms with Gasteiger partial charge >= 0.3 is 0 Å². The lowest BCUT2D eigenvalue weighted by atomic mass is 10.00. The molecule has 0 amide bonds. The molecule has 0 radical (unpaired) electrons. The molecule has 0 saturated heterocycles. The summed E-state index contributed by atoms with van der Waals surface area (Å²) < 4.78 is 11.7. The first kappa shape index (κ1) is 16.7. The number of halogens is 1. The Bertz CT molecular complexity index is 1150. The van der Waals surface area contributed by atoms with Crippen molar-refractivity contribution >= 4 is 37.7 Å². The molecule has 26 heavy (non-hydrogen) atoms. The van der Waals surface area contributed by atoms with Crippen LogP contribution >= 0.6 is 15.9 Å². The van der Waals surface area contributed by atoms with Crippen molar-refractivity contribution in [2.75, 3.05) is 14.2 Å². The molecule has 0 aliphatic carbocycles. The van der Waals surface area contributed by atoms with Gasteiger partial charge in [0.25, 0.3) is 0 Å². The van der Waals surface area contributed by atoms with Gasteiger partial charge in [-0.05, 0) is 53.2 Å². The number of aromatic amines is 1. The van der Waals surface area contributed by atoms with Gasteiger partial charge in [0.1, 0.15) is 5.75 Å². The minimum absolute atomic E-state index is 0.175. The van der Waals surface area contributed by atoms with Crippen molar-refractivity contribution in [3.63, 3.8) is 0 Å². The van der Waals surface area contributed by atoms with E-state index in [-0.39, 0.29) is 5.75 Å². The number of nitrogens with zero attached hydrogens (tertiary/aromatic N) is 2. The smallest absolute Gasteiger partial charge is 0.182 e. The van der Waals surface area contributed by atoms with Crippen LogP contribution in [0.2, 0.25) is 0 Å². The van der Waals surface area contributed by atoms with Crippen LogP contribution in [0.1, 0.15) is 5.69 Å². The second-order valence-corrected chi connectivity index (χ2v) is 6.75. The van der Waals surface area contributed by atoms with Gasteiger partial charge in [0, 0.05) is 22.0 Å². The van der Waals surface area contributed by atoms with Gasteiger partial charge in [0.2, 0.25) is 0 Å². The molecule has 2 heterocycles. The van der Waals surface area contributed by atoms with Crippen LogP contribution in [-0.2, 0) is 0 Å². The number of nitrogens with one attached hydrogen (secondary N) is 1. The standard InChI is InChI=1S/C19H16BrN3O3/c1-9-15-16-11(5-7-14(25-2)18(16)26-3)17(21-19(15)23-22-9)10-4-6-13(24)12(20)8-10/h4-8,24H,1-3H3,(H,21,22,23). The fourth-order valence-corrected chi connectivity index (χ4v) is 3.59. The van der Waals surface area contributed by atoms with E-state index >= 15 is 0 Å². The fourth-order valence-electron chi connectivity index (χ4n) is 3.21. The molecule has 0 atom stereocenters. The molecule has 2 aromatic carbocycles. The highest BCUT2D eigenvalue weighted by Gasteiger charge is 2.20. The number of aryl methyl sites for hydroxylation is 1. The number of benzene rings is 2. The molecule has 0 unspecified atom stereocenters. The number of fused-ring (bicyclic) bond motifs is 3. The zero-order chi connectivity index (χ0) is 18.4. The summed E-state index contributed by atoms with van der Waals surface area (Å²) in [7, 11) is 3.23. The van der Waals surface area contributed by atoms with Crippen LogP contribution in [0.5, 0.6) is 17.2 Å². The Labute approximate surface area is 157 Å². The van der Waals surface area contributed by atoms with E-state index in [1.807, 2.05) is 31.2 Å². The lowest BCUT2D eigenvalue weighted by Gasteiger charge is -2.14. The highest BCUT2D eigenvalue weighted by atomic mass is 79.9. The molecule has 0 spiro atoms. The Balaban J connectivity index is 2.19. The molecular formula is C19H16BrN3O3. The van der Waals surface area contributed by atoms with Gasteiger partial charge in [-0.1, -0.05) is 0 Å². The molecule has 2 aromatic heterocycles. The van der Waals surface area contributed by atoms with Crippen molar-refractivity contribution in [1.82, 2.24) is 15.2 Å². The molecule has 2 N–H and O–H groups in total. The Morgan fingerprint density at radius 2 is 1.88 bits per heavy atom. The predicted octanol–water partition coefficient (Wildman–Crippen LogP) is 4.57. The zero-order valence-electron chi connectivity index (χ0n) is 14.4. The summed E-state index contributed by atoms with van der Waals surface area (Å²) in [6.07, 6.45) is 0. The zero-order valence-corrected chi connectivity index (χ0v) is 16.0. The Kier molecular flexibility index (Phi) is 3.96. The Morgan fingerprint density at radius 3 is 2.58 bits per heavy atom. The second-order valence-electron chi connectivity index (χ2n) is 5.90. The average molecular weight is 414 g/mol. The van der Waals surface area contributed by atoms with Gasteiger partial charge in [0.05, 0.1) is 29.8 Å². The number of pyridine rings is 1. The summed E-state index contributed by atoms with van der Waals surface area (Å²) in [5.74, 6) is 1.46. The minimum Gasteiger partial charge on any atom is -0.507 e. The number of rotatable bonds is 3. The normalized spacial score (nSPS) is 11.2. The predicted molar refractivity (Wildman–Crippen MR) is 104 cm³/mol. The number of phenolic OH excluding ortho intramolecular Hbond substituents is 1. The third-order valence-electron chi connectivity index (χ3n) is 4.42. The van der Waals surface area contributed by atoms with Crippen LogP contribution in [0, 0.1) is 6.92 Å². The first-order valence-corrected chi connectivity index (χ1v) is 8.72. The summed E-state index contributed by atoms with van der Waals surface area (Å²) >= 11 is 3.37. The highest BCUT2D eigenvalue weighted by molar-refractivity contribution is 9.10. The van der Waals surface area contributed by atoms with Crippen molar-refractivity contribution < 1.29 is 14.6 Å². The molecule has 4 rings (SSSR count). The van der Waals surface area contributed by atoms with Crippen LogP contribution in [0.25, 0.3) is 33.1 Å². The molecule has 7 heteroatoms. The third kappa shape index (κ3) is 2.39. The van der Waals surface area contributed by atoms with Crippen LogP contribution in [0.4, 0.5) is 0 Å². The van der Waals surface area contributed by atoms with E-state index in [2.05, 4.69) is 26.1 Å². The van der Waals surface area contributed by atoms with Crippen molar-refractivity contribution in [3.05, 3.63) is 40.5 Å². The summed E-state index contributed by atoms with van der Waals surface area (Å²) in [4.78, 5) is 4.75. The lowest BCUT2D eigenvalue weighted by Crippen LogP contribution is -1.95. The molecule has 0 bridgehead atoms. The fraction of sp³-hybridized carbons (Fsp3) is 0.158. The van der Waals surface area contributed by atoms with E-state index in [1.54, 1.807) is 20.3 Å². The molecule has 0 saturated carbocycles. The maximum atomic E-state index is 9.81. The number of aromatic hydroxyl groups is 1. The van der Waals surface area contributed by atoms with Gasteiger partial charge in [-0.3, -0.25) is 5.10 Å². The van der Waals surface area contributed by atoms with Gasteiger partial charge in [0.15, 0.2) is 17.1 Å². The van der Waals surface area contributed by atoms with Gasteiger partial charge < -0.3 is 14.6 Å².